The molecule has 5 rings (SSSR count). The maximum Gasteiger partial charge on any atom is 0.280 e. The van der Waals surface area contributed by atoms with Crippen molar-refractivity contribution in [1.82, 2.24) is 30.1 Å². The average Bonchev–Trinajstić information content (AvgIpc) is 3.41. The lowest BCUT2D eigenvalue weighted by Gasteiger charge is -2.06. The molecule has 0 N–H and O–H groups in total. The first kappa shape index (κ1) is 15.2. The third-order valence-electron chi connectivity index (χ3n) is 4.67. The second-order valence-corrected chi connectivity index (χ2v) is 6.31. The van der Waals surface area contributed by atoms with Crippen LogP contribution in [0.15, 0.2) is 41.1 Å². The van der Waals surface area contributed by atoms with Crippen molar-refractivity contribution in [3.05, 3.63) is 48.0 Å². The van der Waals surface area contributed by atoms with Crippen molar-refractivity contribution < 1.29 is 9.26 Å². The van der Waals surface area contributed by atoms with Gasteiger partial charge in [-0.05, 0) is 25.5 Å². The fourth-order valence-corrected chi connectivity index (χ4v) is 3.25. The molecular formula is C18H16N6O2. The van der Waals surface area contributed by atoms with Crippen molar-refractivity contribution in [1.29, 1.82) is 0 Å². The van der Waals surface area contributed by atoms with Gasteiger partial charge in [0.15, 0.2) is 11.5 Å². The van der Waals surface area contributed by atoms with E-state index in [1.807, 2.05) is 37.3 Å². The molecule has 1 aliphatic heterocycles. The number of fused-ring (bicyclic) bond motifs is 1. The van der Waals surface area contributed by atoms with Crippen LogP contribution in [0, 0.1) is 6.92 Å². The number of ether oxygens (including phenoxy) is 1. The number of rotatable bonds is 3. The van der Waals surface area contributed by atoms with E-state index in [0.29, 0.717) is 24.0 Å². The number of aromatic nitrogens is 6. The highest BCUT2D eigenvalue weighted by Crippen LogP contribution is 2.28. The molecule has 3 aromatic heterocycles. The summed E-state index contributed by atoms with van der Waals surface area (Å²) in [6.45, 7) is 3.30. The van der Waals surface area contributed by atoms with E-state index in [4.69, 9.17) is 9.26 Å². The largest absolute Gasteiger partial charge is 0.381 e. The highest BCUT2D eigenvalue weighted by atomic mass is 16.5. The minimum Gasteiger partial charge on any atom is -0.381 e. The van der Waals surface area contributed by atoms with Crippen molar-refractivity contribution in [2.75, 3.05) is 13.2 Å². The molecule has 1 aliphatic rings. The number of para-hydroxylation sites is 1. The van der Waals surface area contributed by atoms with Gasteiger partial charge in [0.25, 0.3) is 5.89 Å². The second-order valence-electron chi connectivity index (χ2n) is 6.31. The van der Waals surface area contributed by atoms with Crippen LogP contribution in [0.5, 0.6) is 0 Å². The van der Waals surface area contributed by atoms with Gasteiger partial charge in [-0.15, -0.1) is 5.10 Å². The molecule has 4 aromatic rings. The van der Waals surface area contributed by atoms with Crippen molar-refractivity contribution in [3.63, 3.8) is 0 Å². The van der Waals surface area contributed by atoms with Crippen LogP contribution in [0.4, 0.5) is 0 Å². The topological polar surface area (TPSA) is 91.8 Å². The summed E-state index contributed by atoms with van der Waals surface area (Å²) in [5.74, 6) is 1.23. The van der Waals surface area contributed by atoms with Crippen molar-refractivity contribution >= 4 is 10.9 Å². The maximum absolute atomic E-state index is 5.43. The molecule has 0 saturated carbocycles. The Morgan fingerprint density at radius 2 is 2.12 bits per heavy atom. The molecule has 0 amide bonds. The lowest BCUT2D eigenvalue weighted by atomic mass is 10.1. The SMILES string of the molecule is Cc1c(-c2nc(C3CCOC3)no2)nnn1-c1cccc2cccnc12. The molecule has 1 aromatic carbocycles. The van der Waals surface area contributed by atoms with Crippen LogP contribution in [0.3, 0.4) is 0 Å². The van der Waals surface area contributed by atoms with E-state index in [-0.39, 0.29) is 5.92 Å². The quantitative estimate of drug-likeness (QED) is 0.562. The van der Waals surface area contributed by atoms with Gasteiger partial charge in [-0.25, -0.2) is 4.68 Å². The molecule has 130 valence electrons. The first-order chi connectivity index (χ1) is 12.8. The molecule has 8 heteroatoms. The third kappa shape index (κ3) is 2.38. The smallest absolute Gasteiger partial charge is 0.280 e. The summed E-state index contributed by atoms with van der Waals surface area (Å²) in [5, 5.41) is 13.7. The minimum absolute atomic E-state index is 0.185. The molecule has 0 aliphatic carbocycles. The van der Waals surface area contributed by atoms with Gasteiger partial charge in [0, 0.05) is 24.1 Å². The van der Waals surface area contributed by atoms with Gasteiger partial charge in [0.2, 0.25) is 0 Å². The molecule has 1 saturated heterocycles. The standard InChI is InChI=1S/C18H16N6O2/c1-11-15(18-20-17(22-26-18)13-7-9-25-10-13)21-23-24(11)14-6-2-4-12-5-3-8-19-16(12)14/h2-6,8,13H,7,9-10H2,1H3. The van der Waals surface area contributed by atoms with E-state index >= 15 is 0 Å². The van der Waals surface area contributed by atoms with Gasteiger partial charge >= 0.3 is 0 Å². The molecule has 8 nitrogen and oxygen atoms in total. The molecule has 1 atom stereocenters. The van der Waals surface area contributed by atoms with E-state index in [2.05, 4.69) is 25.4 Å². The number of nitrogens with zero attached hydrogens (tertiary/aromatic N) is 6. The molecular weight excluding hydrogens is 332 g/mol. The van der Waals surface area contributed by atoms with Crippen LogP contribution < -0.4 is 0 Å². The Labute approximate surface area is 148 Å². The van der Waals surface area contributed by atoms with Crippen LogP contribution in [0.1, 0.15) is 23.9 Å². The zero-order valence-electron chi connectivity index (χ0n) is 14.2. The number of pyridine rings is 1. The maximum atomic E-state index is 5.43. The van der Waals surface area contributed by atoms with Crippen molar-refractivity contribution in [2.24, 2.45) is 0 Å². The molecule has 0 bridgehead atoms. The van der Waals surface area contributed by atoms with Crippen LogP contribution in [-0.2, 0) is 4.74 Å². The average molecular weight is 348 g/mol. The number of benzene rings is 1. The molecule has 1 fully saturated rings. The fourth-order valence-electron chi connectivity index (χ4n) is 3.25. The Hall–Kier alpha value is -3.13. The fraction of sp³-hybridized carbons (Fsp3) is 0.278. The lowest BCUT2D eigenvalue weighted by molar-refractivity contribution is 0.192. The van der Waals surface area contributed by atoms with E-state index in [0.717, 1.165) is 35.3 Å². The van der Waals surface area contributed by atoms with Gasteiger partial charge in [0.05, 0.1) is 23.5 Å². The summed E-state index contributed by atoms with van der Waals surface area (Å²) < 4.78 is 12.6. The van der Waals surface area contributed by atoms with E-state index < -0.39 is 0 Å². The highest BCUT2D eigenvalue weighted by molar-refractivity contribution is 5.86. The first-order valence-corrected chi connectivity index (χ1v) is 8.49. The zero-order valence-corrected chi connectivity index (χ0v) is 14.2. The Bertz CT molecular complexity index is 1070. The summed E-state index contributed by atoms with van der Waals surface area (Å²) in [4.78, 5) is 8.99. The highest BCUT2D eigenvalue weighted by Gasteiger charge is 2.25. The monoisotopic (exact) mass is 348 g/mol. The second kappa shape index (κ2) is 5.99. The summed E-state index contributed by atoms with van der Waals surface area (Å²) >= 11 is 0. The predicted octanol–water partition coefficient (Wildman–Crippen LogP) is 2.68. The summed E-state index contributed by atoms with van der Waals surface area (Å²) in [7, 11) is 0. The predicted molar refractivity (Wildman–Crippen MR) is 92.9 cm³/mol. The Balaban J connectivity index is 1.56. The zero-order chi connectivity index (χ0) is 17.5. The minimum atomic E-state index is 0.185. The summed E-state index contributed by atoms with van der Waals surface area (Å²) in [6.07, 6.45) is 2.68. The molecule has 0 radical (unpaired) electrons. The van der Waals surface area contributed by atoms with Gasteiger partial charge < -0.3 is 9.26 Å². The van der Waals surface area contributed by atoms with E-state index in [1.165, 1.54) is 0 Å². The summed E-state index contributed by atoms with van der Waals surface area (Å²) in [6, 6.07) is 9.90. The molecule has 26 heavy (non-hydrogen) atoms. The van der Waals surface area contributed by atoms with Crippen LogP contribution in [0.25, 0.3) is 28.2 Å². The third-order valence-corrected chi connectivity index (χ3v) is 4.67. The number of hydrogen-bond donors (Lipinski definition) is 0. The molecule has 4 heterocycles. The summed E-state index contributed by atoms with van der Waals surface area (Å²) in [5.41, 5.74) is 3.13. The Morgan fingerprint density at radius 1 is 1.19 bits per heavy atom. The Kier molecular flexibility index (Phi) is 3.49. The number of hydrogen-bond acceptors (Lipinski definition) is 7. The van der Waals surface area contributed by atoms with Crippen molar-refractivity contribution in [3.8, 4) is 17.3 Å². The van der Waals surface area contributed by atoms with Crippen LogP contribution in [-0.4, -0.2) is 43.3 Å². The molecule has 0 spiro atoms. The van der Waals surface area contributed by atoms with Gasteiger partial charge in [-0.3, -0.25) is 4.98 Å². The lowest BCUT2D eigenvalue weighted by Crippen LogP contribution is -2.01. The van der Waals surface area contributed by atoms with Gasteiger partial charge in [-0.2, -0.15) is 4.98 Å². The van der Waals surface area contributed by atoms with Crippen LogP contribution in [0.2, 0.25) is 0 Å². The van der Waals surface area contributed by atoms with Crippen LogP contribution >= 0.6 is 0 Å². The Morgan fingerprint density at radius 3 is 3.00 bits per heavy atom. The first-order valence-electron chi connectivity index (χ1n) is 8.49. The van der Waals surface area contributed by atoms with Gasteiger partial charge in [-0.1, -0.05) is 28.6 Å². The van der Waals surface area contributed by atoms with E-state index in [9.17, 15) is 0 Å². The normalized spacial score (nSPS) is 17.2. The van der Waals surface area contributed by atoms with Gasteiger partial charge in [0.1, 0.15) is 0 Å². The molecule has 1 unspecified atom stereocenters. The van der Waals surface area contributed by atoms with Crippen molar-refractivity contribution in [2.45, 2.75) is 19.3 Å². The van der Waals surface area contributed by atoms with E-state index in [1.54, 1.807) is 10.9 Å².